The second-order valence-corrected chi connectivity index (χ2v) is 8.03. The van der Waals surface area contributed by atoms with Gasteiger partial charge in [0, 0.05) is 24.1 Å². The van der Waals surface area contributed by atoms with Gasteiger partial charge in [0.1, 0.15) is 23.4 Å². The van der Waals surface area contributed by atoms with Crippen molar-refractivity contribution < 1.29 is 19.4 Å². The molecule has 1 atom stereocenters. The highest BCUT2D eigenvalue weighted by molar-refractivity contribution is 7.99. The summed E-state index contributed by atoms with van der Waals surface area (Å²) in [7, 11) is 0. The normalized spacial score (nSPS) is 14.7. The van der Waals surface area contributed by atoms with E-state index >= 15 is 0 Å². The molecule has 0 saturated heterocycles. The number of phenolic OH excluding ortho intramolecular Hbond substituents is 1. The Morgan fingerprint density at radius 2 is 2.16 bits per heavy atom. The first-order valence-corrected chi connectivity index (χ1v) is 10.9. The van der Waals surface area contributed by atoms with Gasteiger partial charge in [0.2, 0.25) is 11.1 Å². The molecule has 0 radical (unpaired) electrons. The van der Waals surface area contributed by atoms with Crippen molar-refractivity contribution >= 4 is 17.7 Å². The van der Waals surface area contributed by atoms with Crippen LogP contribution in [-0.4, -0.2) is 49.7 Å². The molecule has 2 aromatic carbocycles. The Labute approximate surface area is 183 Å². The number of benzene rings is 2. The lowest BCUT2D eigenvalue weighted by molar-refractivity contribution is -0.118. The Kier molecular flexibility index (Phi) is 6.26. The van der Waals surface area contributed by atoms with E-state index < -0.39 is 0 Å². The van der Waals surface area contributed by atoms with Crippen molar-refractivity contribution in [3.8, 4) is 22.9 Å². The van der Waals surface area contributed by atoms with Crippen LogP contribution >= 0.6 is 11.8 Å². The van der Waals surface area contributed by atoms with E-state index in [4.69, 9.17) is 9.47 Å². The minimum Gasteiger partial charge on any atom is -0.508 e. The molecular formula is C21H23N5O4S. The molecule has 3 aromatic rings. The van der Waals surface area contributed by atoms with Crippen molar-refractivity contribution in [3.05, 3.63) is 47.5 Å². The first-order valence-electron chi connectivity index (χ1n) is 9.96. The van der Waals surface area contributed by atoms with Crippen molar-refractivity contribution in [2.75, 3.05) is 12.4 Å². The number of aromatic nitrogens is 4. The largest absolute Gasteiger partial charge is 0.508 e. The highest BCUT2D eigenvalue weighted by Crippen LogP contribution is 2.35. The zero-order valence-corrected chi connectivity index (χ0v) is 18.1. The fraction of sp³-hybridized carbons (Fsp3) is 0.333. The van der Waals surface area contributed by atoms with Gasteiger partial charge in [-0.15, -0.1) is 5.10 Å². The molecule has 2 heterocycles. The zero-order chi connectivity index (χ0) is 21.8. The first kappa shape index (κ1) is 21.0. The van der Waals surface area contributed by atoms with Gasteiger partial charge in [-0.1, -0.05) is 11.8 Å². The summed E-state index contributed by atoms with van der Waals surface area (Å²) in [5, 5.41) is 24.4. The van der Waals surface area contributed by atoms with Crippen LogP contribution in [0.5, 0.6) is 17.2 Å². The predicted molar refractivity (Wildman–Crippen MR) is 115 cm³/mol. The predicted octanol–water partition coefficient (Wildman–Crippen LogP) is 2.50. The summed E-state index contributed by atoms with van der Waals surface area (Å²) < 4.78 is 13.1. The summed E-state index contributed by atoms with van der Waals surface area (Å²) in [5.74, 6) is 1.78. The molecule has 9 nitrogen and oxygen atoms in total. The second kappa shape index (κ2) is 9.25. The molecule has 0 saturated carbocycles. The van der Waals surface area contributed by atoms with Crippen LogP contribution in [0.3, 0.4) is 0 Å². The summed E-state index contributed by atoms with van der Waals surface area (Å²) >= 11 is 1.23. The molecule has 10 heteroatoms. The van der Waals surface area contributed by atoms with Crippen LogP contribution in [0.15, 0.2) is 41.6 Å². The lowest BCUT2D eigenvalue weighted by Gasteiger charge is -2.13. The summed E-state index contributed by atoms with van der Waals surface area (Å²) in [4.78, 5) is 12.4. The standard InChI is InChI=1S/C21H23N5O4S/c1-3-29-18-9-14-8-13(2)30-19(14)10-15(18)11-22-20(28)12-31-21-23-24-25-26(21)16-4-6-17(27)7-5-16/h4-7,9-10,13,27H,3,8,11-12H2,1-2H3,(H,22,28). The van der Waals surface area contributed by atoms with E-state index in [1.165, 1.54) is 16.4 Å². The SMILES string of the molecule is CCOc1cc2c(cc1CNC(=O)CSc1nnnn1-c1ccc(O)cc1)OC(C)C2. The molecule has 1 unspecified atom stereocenters. The lowest BCUT2D eigenvalue weighted by Crippen LogP contribution is -2.25. The Bertz CT molecular complexity index is 1070. The Morgan fingerprint density at radius 1 is 1.35 bits per heavy atom. The zero-order valence-electron chi connectivity index (χ0n) is 17.2. The molecule has 31 heavy (non-hydrogen) atoms. The lowest BCUT2D eigenvalue weighted by atomic mass is 10.1. The van der Waals surface area contributed by atoms with Crippen molar-refractivity contribution in [1.29, 1.82) is 0 Å². The maximum absolute atomic E-state index is 12.4. The van der Waals surface area contributed by atoms with E-state index in [1.54, 1.807) is 24.3 Å². The molecule has 0 fully saturated rings. The van der Waals surface area contributed by atoms with Gasteiger partial charge < -0.3 is 19.9 Å². The van der Waals surface area contributed by atoms with Gasteiger partial charge in [0.05, 0.1) is 18.0 Å². The summed E-state index contributed by atoms with van der Waals surface area (Å²) in [6, 6.07) is 10.4. The molecular weight excluding hydrogens is 418 g/mol. The van der Waals surface area contributed by atoms with Gasteiger partial charge in [-0.2, -0.15) is 4.68 Å². The fourth-order valence-electron chi connectivity index (χ4n) is 3.31. The number of thioether (sulfide) groups is 1. The van der Waals surface area contributed by atoms with Gasteiger partial charge in [-0.25, -0.2) is 0 Å². The van der Waals surface area contributed by atoms with Crippen LogP contribution in [0.4, 0.5) is 0 Å². The molecule has 0 aliphatic carbocycles. The summed E-state index contributed by atoms with van der Waals surface area (Å²) in [6.45, 7) is 4.85. The highest BCUT2D eigenvalue weighted by Gasteiger charge is 2.22. The third-order valence-corrected chi connectivity index (χ3v) is 5.64. The van der Waals surface area contributed by atoms with Crippen molar-refractivity contribution in [3.63, 3.8) is 0 Å². The van der Waals surface area contributed by atoms with Crippen LogP contribution in [0.1, 0.15) is 25.0 Å². The average Bonchev–Trinajstić information content (AvgIpc) is 3.36. The molecule has 162 valence electrons. The molecule has 1 aliphatic heterocycles. The van der Waals surface area contributed by atoms with E-state index in [1.807, 2.05) is 26.0 Å². The van der Waals surface area contributed by atoms with E-state index in [-0.39, 0.29) is 23.5 Å². The minimum atomic E-state index is -0.150. The molecule has 0 bridgehead atoms. The topological polar surface area (TPSA) is 111 Å². The van der Waals surface area contributed by atoms with Crippen molar-refractivity contribution in [1.82, 2.24) is 25.5 Å². The molecule has 1 aromatic heterocycles. The number of rotatable bonds is 8. The smallest absolute Gasteiger partial charge is 0.230 e. The third kappa shape index (κ3) is 4.91. The number of carbonyl (C=O) groups is 1. The van der Waals surface area contributed by atoms with Crippen LogP contribution in [0.25, 0.3) is 5.69 Å². The molecule has 1 aliphatic rings. The molecule has 2 N–H and O–H groups in total. The number of ether oxygens (including phenoxy) is 2. The van der Waals surface area contributed by atoms with E-state index in [2.05, 4.69) is 20.8 Å². The van der Waals surface area contributed by atoms with E-state index in [0.717, 1.165) is 29.0 Å². The van der Waals surface area contributed by atoms with Gasteiger partial charge in [-0.3, -0.25) is 4.79 Å². The van der Waals surface area contributed by atoms with Crippen molar-refractivity contribution in [2.45, 2.75) is 38.1 Å². The number of fused-ring (bicyclic) bond motifs is 1. The van der Waals surface area contributed by atoms with Gasteiger partial charge in [0.15, 0.2) is 0 Å². The third-order valence-electron chi connectivity index (χ3n) is 4.72. The minimum absolute atomic E-state index is 0.144. The van der Waals surface area contributed by atoms with Gasteiger partial charge in [-0.05, 0) is 60.7 Å². The number of nitrogens with one attached hydrogen (secondary N) is 1. The number of phenols is 1. The average molecular weight is 442 g/mol. The maximum Gasteiger partial charge on any atom is 0.230 e. The highest BCUT2D eigenvalue weighted by atomic mass is 32.2. The molecule has 0 spiro atoms. The second-order valence-electron chi connectivity index (χ2n) is 7.09. The number of nitrogens with zero attached hydrogens (tertiary/aromatic N) is 4. The molecule has 1 amide bonds. The van der Waals surface area contributed by atoms with E-state index in [9.17, 15) is 9.90 Å². The maximum atomic E-state index is 12.4. The number of tetrazole rings is 1. The van der Waals surface area contributed by atoms with Crippen LogP contribution in [0.2, 0.25) is 0 Å². The number of hydrogen-bond donors (Lipinski definition) is 2. The van der Waals surface area contributed by atoms with E-state index in [0.29, 0.717) is 24.0 Å². The number of carbonyl (C=O) groups excluding carboxylic acids is 1. The number of hydrogen-bond acceptors (Lipinski definition) is 8. The van der Waals surface area contributed by atoms with Gasteiger partial charge in [0.25, 0.3) is 0 Å². The fourth-order valence-corrected chi connectivity index (χ4v) is 4.03. The summed E-state index contributed by atoms with van der Waals surface area (Å²) in [6.07, 6.45) is 0.999. The number of aromatic hydroxyl groups is 1. The molecule has 4 rings (SSSR count). The quantitative estimate of drug-likeness (QED) is 0.513. The Morgan fingerprint density at radius 3 is 2.94 bits per heavy atom. The van der Waals surface area contributed by atoms with Gasteiger partial charge >= 0.3 is 0 Å². The Hall–Kier alpha value is -3.27. The van der Waals surface area contributed by atoms with Crippen LogP contribution in [-0.2, 0) is 17.8 Å². The first-order chi connectivity index (χ1) is 15.0. The summed E-state index contributed by atoms with van der Waals surface area (Å²) in [5.41, 5.74) is 2.70. The van der Waals surface area contributed by atoms with Crippen molar-refractivity contribution in [2.24, 2.45) is 0 Å². The van der Waals surface area contributed by atoms with Crippen LogP contribution < -0.4 is 14.8 Å². The monoisotopic (exact) mass is 441 g/mol. The number of amides is 1. The van der Waals surface area contributed by atoms with Crippen LogP contribution in [0, 0.1) is 0 Å². The Balaban J connectivity index is 1.37.